The van der Waals surface area contributed by atoms with Crippen molar-refractivity contribution < 1.29 is 4.42 Å². The highest BCUT2D eigenvalue weighted by Crippen LogP contribution is 2.36. The molecule has 2 aromatic rings. The van der Waals surface area contributed by atoms with E-state index in [1.54, 1.807) is 11.1 Å². The van der Waals surface area contributed by atoms with Gasteiger partial charge in [-0.2, -0.15) is 11.8 Å². The summed E-state index contributed by atoms with van der Waals surface area (Å²) in [6.45, 7) is 3.11. The summed E-state index contributed by atoms with van der Waals surface area (Å²) in [5.41, 5.74) is 2.76. The molecule has 3 rings (SSSR count). The lowest BCUT2D eigenvalue weighted by Gasteiger charge is -2.14. The van der Waals surface area contributed by atoms with E-state index < -0.39 is 0 Å². The highest BCUT2D eigenvalue weighted by atomic mass is 32.2. The third-order valence-corrected chi connectivity index (χ3v) is 5.53. The molecule has 1 aliphatic heterocycles. The van der Waals surface area contributed by atoms with Crippen LogP contribution in [-0.2, 0) is 12.2 Å². The number of thioether (sulfide) groups is 1. The van der Waals surface area contributed by atoms with E-state index in [-0.39, 0.29) is 6.04 Å². The van der Waals surface area contributed by atoms with Crippen LogP contribution in [0.25, 0.3) is 0 Å². The minimum Gasteiger partial charge on any atom is -0.472 e. The first kappa shape index (κ1) is 12.3. The predicted octanol–water partition coefficient (Wildman–Crippen LogP) is 3.83. The van der Waals surface area contributed by atoms with E-state index in [1.165, 1.54) is 33.9 Å². The number of hydrogen-bond donors (Lipinski definition) is 1. The van der Waals surface area contributed by atoms with Crippen molar-refractivity contribution in [2.45, 2.75) is 25.1 Å². The third kappa shape index (κ3) is 2.37. The van der Waals surface area contributed by atoms with Crippen LogP contribution in [0.2, 0.25) is 0 Å². The maximum absolute atomic E-state index is 5.23. The van der Waals surface area contributed by atoms with Crippen LogP contribution in [0.1, 0.15) is 33.8 Å². The van der Waals surface area contributed by atoms with Gasteiger partial charge in [-0.3, -0.25) is 0 Å². The van der Waals surface area contributed by atoms with Gasteiger partial charge in [-0.1, -0.05) is 6.92 Å². The van der Waals surface area contributed by atoms with Crippen molar-refractivity contribution in [3.05, 3.63) is 45.5 Å². The first-order valence-electron chi connectivity index (χ1n) is 6.33. The van der Waals surface area contributed by atoms with Crippen LogP contribution in [0.3, 0.4) is 0 Å². The minimum absolute atomic E-state index is 0.286. The Labute approximate surface area is 116 Å². The van der Waals surface area contributed by atoms with E-state index in [1.807, 2.05) is 29.4 Å². The van der Waals surface area contributed by atoms with Crippen molar-refractivity contribution in [1.29, 1.82) is 0 Å². The maximum Gasteiger partial charge on any atom is 0.0954 e. The zero-order valence-electron chi connectivity index (χ0n) is 10.4. The van der Waals surface area contributed by atoms with Gasteiger partial charge in [-0.15, -0.1) is 11.3 Å². The molecule has 0 aliphatic carbocycles. The smallest absolute Gasteiger partial charge is 0.0954 e. The van der Waals surface area contributed by atoms with Crippen LogP contribution >= 0.6 is 23.1 Å². The normalized spacial score (nSPS) is 16.5. The molecule has 1 atom stereocenters. The molecule has 0 saturated heterocycles. The Balaban J connectivity index is 1.92. The Morgan fingerprint density at radius 3 is 3.17 bits per heavy atom. The number of fused-ring (bicyclic) bond motifs is 1. The van der Waals surface area contributed by atoms with Gasteiger partial charge in [0.1, 0.15) is 0 Å². The Hall–Kier alpha value is -0.710. The van der Waals surface area contributed by atoms with Gasteiger partial charge in [0.2, 0.25) is 0 Å². The van der Waals surface area contributed by atoms with Crippen molar-refractivity contribution >= 4 is 23.1 Å². The average Bonchev–Trinajstić information content (AvgIpc) is 3.04. The molecule has 0 aromatic carbocycles. The Morgan fingerprint density at radius 1 is 1.50 bits per heavy atom. The zero-order chi connectivity index (χ0) is 12.4. The zero-order valence-corrected chi connectivity index (χ0v) is 12.1. The first-order chi connectivity index (χ1) is 8.88. The molecule has 0 spiro atoms. The summed E-state index contributed by atoms with van der Waals surface area (Å²) in [5, 5.41) is 3.55. The van der Waals surface area contributed by atoms with Gasteiger partial charge in [-0.05, 0) is 36.4 Å². The molecule has 0 fully saturated rings. The summed E-state index contributed by atoms with van der Waals surface area (Å²) in [6, 6.07) is 4.72. The van der Waals surface area contributed by atoms with Gasteiger partial charge in [0.25, 0.3) is 0 Å². The fraction of sp³-hybridized carbons (Fsp3) is 0.429. The molecule has 4 heteroatoms. The summed E-state index contributed by atoms with van der Waals surface area (Å²) in [6.07, 6.45) is 4.83. The van der Waals surface area contributed by atoms with Gasteiger partial charge in [-0.25, -0.2) is 0 Å². The van der Waals surface area contributed by atoms with Crippen molar-refractivity contribution in [2.75, 3.05) is 12.3 Å². The number of furan rings is 1. The second-order valence-corrected chi connectivity index (χ2v) is 6.72. The fourth-order valence-corrected chi connectivity index (χ4v) is 4.82. The molecule has 96 valence electrons. The van der Waals surface area contributed by atoms with E-state index in [9.17, 15) is 0 Å². The van der Waals surface area contributed by atoms with Crippen molar-refractivity contribution in [1.82, 2.24) is 5.32 Å². The number of rotatable bonds is 4. The molecule has 1 aliphatic rings. The van der Waals surface area contributed by atoms with E-state index in [0.717, 1.165) is 6.54 Å². The Morgan fingerprint density at radius 2 is 2.44 bits per heavy atom. The number of hydrogen-bond acceptors (Lipinski definition) is 4. The van der Waals surface area contributed by atoms with Crippen molar-refractivity contribution in [2.24, 2.45) is 0 Å². The second-order valence-electron chi connectivity index (χ2n) is 4.45. The summed E-state index contributed by atoms with van der Waals surface area (Å²) in [4.78, 5) is 3.00. The van der Waals surface area contributed by atoms with Crippen LogP contribution in [-0.4, -0.2) is 12.3 Å². The first-order valence-corrected chi connectivity index (χ1v) is 8.30. The topological polar surface area (TPSA) is 25.2 Å². The van der Waals surface area contributed by atoms with Crippen molar-refractivity contribution in [3.8, 4) is 0 Å². The van der Waals surface area contributed by atoms with E-state index in [0.29, 0.717) is 0 Å². The molecule has 0 radical (unpaired) electrons. The quantitative estimate of drug-likeness (QED) is 0.921. The Kier molecular flexibility index (Phi) is 3.77. The van der Waals surface area contributed by atoms with Crippen molar-refractivity contribution in [3.63, 3.8) is 0 Å². The molecule has 0 bridgehead atoms. The minimum atomic E-state index is 0.286. The van der Waals surface area contributed by atoms with E-state index in [4.69, 9.17) is 4.42 Å². The van der Waals surface area contributed by atoms with E-state index >= 15 is 0 Å². The SMILES string of the molecule is CCNC(c1ccoc1)c1cc2c(s1)CCSC2. The van der Waals surface area contributed by atoms with E-state index in [2.05, 4.69) is 24.4 Å². The molecule has 2 aromatic heterocycles. The van der Waals surface area contributed by atoms with Crippen LogP contribution in [0.5, 0.6) is 0 Å². The lowest BCUT2D eigenvalue weighted by atomic mass is 10.1. The summed E-state index contributed by atoms with van der Waals surface area (Å²) >= 11 is 4.01. The molecular formula is C14H17NOS2. The predicted molar refractivity (Wildman–Crippen MR) is 78.4 cm³/mol. The highest BCUT2D eigenvalue weighted by molar-refractivity contribution is 7.98. The molecule has 1 unspecified atom stereocenters. The average molecular weight is 279 g/mol. The van der Waals surface area contributed by atoms with Gasteiger partial charge >= 0.3 is 0 Å². The standard InChI is InChI=1S/C14H17NOS2/c1-2-15-14(10-3-5-16-8-10)13-7-11-9-17-6-4-12(11)18-13/h3,5,7-8,14-15H,2,4,6,9H2,1H3. The van der Waals surface area contributed by atoms with Crippen LogP contribution < -0.4 is 5.32 Å². The van der Waals surface area contributed by atoms with Gasteiger partial charge < -0.3 is 9.73 Å². The van der Waals surface area contributed by atoms with Crippen LogP contribution in [0.4, 0.5) is 0 Å². The lowest BCUT2D eigenvalue weighted by Crippen LogP contribution is -2.20. The summed E-state index contributed by atoms with van der Waals surface area (Å²) < 4.78 is 5.23. The summed E-state index contributed by atoms with van der Waals surface area (Å²) in [5.74, 6) is 2.45. The van der Waals surface area contributed by atoms with Gasteiger partial charge in [0, 0.05) is 21.1 Å². The van der Waals surface area contributed by atoms with Gasteiger partial charge in [0.05, 0.1) is 18.6 Å². The Bertz CT molecular complexity index is 480. The molecule has 0 saturated carbocycles. The highest BCUT2D eigenvalue weighted by Gasteiger charge is 2.20. The molecule has 18 heavy (non-hydrogen) atoms. The third-order valence-electron chi connectivity index (χ3n) is 3.22. The lowest BCUT2D eigenvalue weighted by molar-refractivity contribution is 0.554. The molecule has 2 nitrogen and oxygen atoms in total. The molecular weight excluding hydrogens is 262 g/mol. The number of aryl methyl sites for hydroxylation is 1. The second kappa shape index (κ2) is 5.51. The fourth-order valence-electron chi connectivity index (χ4n) is 2.34. The largest absolute Gasteiger partial charge is 0.472 e. The number of nitrogens with one attached hydrogen (secondary N) is 1. The van der Waals surface area contributed by atoms with Gasteiger partial charge in [0.15, 0.2) is 0 Å². The summed E-state index contributed by atoms with van der Waals surface area (Å²) in [7, 11) is 0. The number of thiophene rings is 1. The molecule has 1 N–H and O–H groups in total. The molecule has 3 heterocycles. The van der Waals surface area contributed by atoms with Crippen LogP contribution in [0.15, 0.2) is 29.1 Å². The monoisotopic (exact) mass is 279 g/mol. The molecule has 0 amide bonds. The van der Waals surface area contributed by atoms with Crippen LogP contribution in [0, 0.1) is 0 Å². The maximum atomic E-state index is 5.23.